The van der Waals surface area contributed by atoms with Crippen molar-refractivity contribution in [3.63, 3.8) is 0 Å². The molecule has 3 fully saturated rings. The second-order valence-electron chi connectivity index (χ2n) is 19.7. The number of ketones is 2. The first-order valence-electron chi connectivity index (χ1n) is 24.0. The number of hydrogen-bond acceptors (Lipinski definition) is 12. The number of carbonyl (C=O) groups is 4. The zero-order chi connectivity index (χ0) is 47.3. The summed E-state index contributed by atoms with van der Waals surface area (Å²) in [6.07, 6.45) is 14.5. The van der Waals surface area contributed by atoms with Crippen LogP contribution >= 0.6 is 0 Å². The van der Waals surface area contributed by atoms with Crippen molar-refractivity contribution in [1.29, 1.82) is 0 Å². The Labute approximate surface area is 383 Å². The Kier molecular flexibility index (Phi) is 21.1. The Hall–Kier alpha value is -3.04. The molecule has 0 aromatic rings. The van der Waals surface area contributed by atoms with Crippen LogP contribution in [0.15, 0.2) is 47.6 Å². The number of hydrogen-bond donors (Lipinski definition) is 3. The van der Waals surface area contributed by atoms with Gasteiger partial charge in [-0.3, -0.25) is 14.4 Å². The number of cyclic esters (lactones) is 1. The molecule has 3 N–H and O–H groups in total. The molecule has 1 aliphatic carbocycles. The van der Waals surface area contributed by atoms with Gasteiger partial charge in [0.2, 0.25) is 5.79 Å². The Morgan fingerprint density at radius 1 is 0.812 bits per heavy atom. The van der Waals surface area contributed by atoms with Crippen molar-refractivity contribution in [3.05, 3.63) is 47.6 Å². The van der Waals surface area contributed by atoms with Crippen molar-refractivity contribution in [2.75, 3.05) is 27.9 Å². The summed E-state index contributed by atoms with van der Waals surface area (Å²) in [6.45, 7) is 13.6. The molecule has 0 spiro atoms. The maximum atomic E-state index is 14.4. The second kappa shape index (κ2) is 25.2. The summed E-state index contributed by atoms with van der Waals surface area (Å²) in [6, 6.07) is -1.02. The van der Waals surface area contributed by atoms with Crippen LogP contribution in [0.3, 0.4) is 0 Å². The standard InChI is InChI=1S/C51H81NO12/c1-31-16-12-11-13-17-33(3)43(60-8)30-39-22-20-37(7)51(59,64-39)48(56)49(57)52-25-15-14-18-40(52)50(58)63-42(34(4)28-38-21-23-41(53)44(29-38)61-9)24-19-32(2)27-36(6)46(55)47(62-10)45(54)35(5)26-31/h11-13,16-17,27,31-32,34-35,37-44,46-47,53,55,59H,14-15,18-26,28-30H2,1-10H3. The minimum atomic E-state index is -2.38. The monoisotopic (exact) mass is 900 g/mol. The second-order valence-corrected chi connectivity index (χ2v) is 19.7. The van der Waals surface area contributed by atoms with Crippen molar-refractivity contribution in [3.8, 4) is 0 Å². The van der Waals surface area contributed by atoms with Gasteiger partial charge in [0, 0.05) is 46.1 Å². The number of aliphatic hydroxyl groups excluding tert-OH is 2. The first-order chi connectivity index (χ1) is 30.3. The molecule has 362 valence electrons. The third kappa shape index (κ3) is 14.2. The smallest absolute Gasteiger partial charge is 0.329 e. The maximum Gasteiger partial charge on any atom is 0.329 e. The van der Waals surface area contributed by atoms with Gasteiger partial charge in [0.05, 0.1) is 24.4 Å². The lowest BCUT2D eigenvalue weighted by atomic mass is 9.78. The van der Waals surface area contributed by atoms with Gasteiger partial charge >= 0.3 is 5.97 Å². The molecule has 3 heterocycles. The number of esters is 1. The van der Waals surface area contributed by atoms with Crippen molar-refractivity contribution < 1.29 is 58.2 Å². The summed E-state index contributed by atoms with van der Waals surface area (Å²) in [5, 5.41) is 33.9. The van der Waals surface area contributed by atoms with Crippen LogP contribution in [0.4, 0.5) is 0 Å². The van der Waals surface area contributed by atoms with E-state index in [1.165, 1.54) is 12.0 Å². The van der Waals surface area contributed by atoms with Crippen LogP contribution in [0.5, 0.6) is 0 Å². The third-order valence-corrected chi connectivity index (χ3v) is 14.5. The molecule has 15 atom stereocenters. The molecule has 2 bridgehead atoms. The molecule has 2 saturated heterocycles. The van der Waals surface area contributed by atoms with Crippen LogP contribution in [0, 0.1) is 35.5 Å². The molecule has 3 aliphatic heterocycles. The minimum Gasteiger partial charge on any atom is -0.461 e. The maximum absolute atomic E-state index is 14.4. The zero-order valence-electron chi connectivity index (χ0n) is 40.4. The van der Waals surface area contributed by atoms with E-state index in [2.05, 4.69) is 6.92 Å². The predicted molar refractivity (Wildman–Crippen MR) is 245 cm³/mol. The molecule has 64 heavy (non-hydrogen) atoms. The molecular weight excluding hydrogens is 819 g/mol. The van der Waals surface area contributed by atoms with Crippen LogP contribution < -0.4 is 0 Å². The highest BCUT2D eigenvalue weighted by Gasteiger charge is 2.53. The summed E-state index contributed by atoms with van der Waals surface area (Å²) in [4.78, 5) is 57.8. The SMILES string of the molecule is COC1CC2CCC(C)C(O)(O2)C(=O)C(=O)N2CCCCC2C(=O)OC(C(C)CC2CCC(O)C(OC)C2)CCC(C)C=C(C)C(O)C(OC)C(=O)C(C)CC(C)C=CC=CC=C1C. The molecule has 4 aliphatic rings. The quantitative estimate of drug-likeness (QED) is 0.142. The van der Waals surface area contributed by atoms with E-state index in [1.54, 1.807) is 28.1 Å². The van der Waals surface area contributed by atoms with E-state index in [1.807, 2.05) is 64.2 Å². The van der Waals surface area contributed by atoms with Crippen LogP contribution in [-0.4, -0.2) is 126 Å². The highest BCUT2D eigenvalue weighted by Crippen LogP contribution is 2.38. The van der Waals surface area contributed by atoms with Gasteiger partial charge in [0.1, 0.15) is 24.4 Å². The number of piperidine rings is 1. The fraction of sp³-hybridized carbons (Fsp3) is 0.765. The van der Waals surface area contributed by atoms with Crippen LogP contribution in [0.2, 0.25) is 0 Å². The van der Waals surface area contributed by atoms with E-state index >= 15 is 0 Å². The zero-order valence-corrected chi connectivity index (χ0v) is 40.4. The van der Waals surface area contributed by atoms with Crippen molar-refractivity contribution in [2.45, 2.75) is 186 Å². The van der Waals surface area contributed by atoms with E-state index in [4.69, 9.17) is 23.7 Å². The van der Waals surface area contributed by atoms with Gasteiger partial charge in [-0.1, -0.05) is 71.1 Å². The fourth-order valence-electron chi connectivity index (χ4n) is 10.3. The van der Waals surface area contributed by atoms with Crippen molar-refractivity contribution in [2.24, 2.45) is 35.5 Å². The van der Waals surface area contributed by atoms with Crippen molar-refractivity contribution >= 4 is 23.4 Å². The highest BCUT2D eigenvalue weighted by molar-refractivity contribution is 6.39. The van der Waals surface area contributed by atoms with E-state index in [9.17, 15) is 34.5 Å². The van der Waals surface area contributed by atoms with Gasteiger partial charge in [0.15, 0.2) is 5.78 Å². The number of allylic oxidation sites excluding steroid dienone is 6. The Morgan fingerprint density at radius 2 is 1.55 bits per heavy atom. The largest absolute Gasteiger partial charge is 0.461 e. The van der Waals surface area contributed by atoms with Gasteiger partial charge in [-0.15, -0.1) is 0 Å². The number of fused-ring (bicyclic) bond motifs is 3. The molecule has 0 aromatic heterocycles. The van der Waals surface area contributed by atoms with E-state index in [0.29, 0.717) is 76.2 Å². The van der Waals surface area contributed by atoms with Gasteiger partial charge in [-0.05, 0) is 126 Å². The lowest BCUT2D eigenvalue weighted by molar-refractivity contribution is -0.265. The average Bonchev–Trinajstić information content (AvgIpc) is 3.27. The molecule has 13 heteroatoms. The van der Waals surface area contributed by atoms with Crippen LogP contribution in [0.25, 0.3) is 0 Å². The first-order valence-corrected chi connectivity index (χ1v) is 24.0. The summed E-state index contributed by atoms with van der Waals surface area (Å²) in [5.41, 5.74) is 1.51. The number of rotatable bonds is 6. The summed E-state index contributed by atoms with van der Waals surface area (Å²) < 4.78 is 29.6. The third-order valence-electron chi connectivity index (χ3n) is 14.5. The first kappa shape index (κ1) is 53.6. The van der Waals surface area contributed by atoms with Crippen molar-refractivity contribution in [1.82, 2.24) is 4.90 Å². The molecule has 1 saturated carbocycles. The molecular formula is C51H81NO12. The molecule has 4 rings (SSSR count). The predicted octanol–water partition coefficient (Wildman–Crippen LogP) is 7.00. The number of ether oxygens (including phenoxy) is 5. The summed E-state index contributed by atoms with van der Waals surface area (Å²) in [5.74, 6) is -6.09. The van der Waals surface area contributed by atoms with Crippen LogP contribution in [0.1, 0.15) is 132 Å². The lowest BCUT2D eigenvalue weighted by Crippen LogP contribution is -2.61. The minimum absolute atomic E-state index is 0.0678. The average molecular weight is 900 g/mol. The molecule has 13 nitrogen and oxygen atoms in total. The van der Waals surface area contributed by atoms with E-state index in [-0.39, 0.29) is 48.0 Å². The molecule has 0 radical (unpaired) electrons. The Balaban J connectivity index is 1.67. The molecule has 15 unspecified atom stereocenters. The lowest BCUT2D eigenvalue weighted by Gasteiger charge is -2.42. The number of methoxy groups -OCH3 is 3. The van der Waals surface area contributed by atoms with E-state index in [0.717, 1.165) is 18.4 Å². The number of amides is 1. The Bertz CT molecular complexity index is 1670. The topological polar surface area (TPSA) is 178 Å². The normalized spacial score (nSPS) is 38.2. The highest BCUT2D eigenvalue weighted by atomic mass is 16.6. The molecule has 1 amide bonds. The number of carbonyl (C=O) groups excluding carboxylic acids is 4. The number of aliphatic hydroxyl groups is 3. The summed E-state index contributed by atoms with van der Waals surface area (Å²) in [7, 11) is 4.65. The van der Waals surface area contributed by atoms with Gasteiger partial charge in [-0.25, -0.2) is 4.79 Å². The van der Waals surface area contributed by atoms with Gasteiger partial charge in [-0.2, -0.15) is 0 Å². The number of nitrogens with zero attached hydrogens (tertiary/aromatic N) is 1. The Morgan fingerprint density at radius 3 is 2.23 bits per heavy atom. The van der Waals surface area contributed by atoms with Crippen LogP contribution in [-0.2, 0) is 42.9 Å². The van der Waals surface area contributed by atoms with E-state index < -0.39 is 72.0 Å². The number of Topliss-reactive ketones (excluding diaryl/α,β-unsaturated/α-hetero) is 2. The molecule has 0 aromatic carbocycles. The fourth-order valence-corrected chi connectivity index (χ4v) is 10.3. The van der Waals surface area contributed by atoms with Gasteiger partial charge < -0.3 is 43.9 Å². The summed E-state index contributed by atoms with van der Waals surface area (Å²) >= 11 is 0. The van der Waals surface area contributed by atoms with Gasteiger partial charge in [0.25, 0.3) is 11.7 Å².